The normalized spacial score (nSPS) is 18.2. The number of carbonyl (C=O) groups excluding carboxylic acids is 9. The minimum Gasteiger partial charge on any atom is -0.444 e. The van der Waals surface area contributed by atoms with Gasteiger partial charge in [-0.3, -0.25) is 43.3 Å². The molecule has 366 valence electrons. The lowest BCUT2D eigenvalue weighted by atomic mass is 9.82. The molecule has 2 fully saturated rings. The highest BCUT2D eigenvalue weighted by Gasteiger charge is 2.45. The second kappa shape index (κ2) is 23.8. The van der Waals surface area contributed by atoms with Gasteiger partial charge in [-0.15, -0.1) is 0 Å². The van der Waals surface area contributed by atoms with E-state index in [1.807, 2.05) is 0 Å². The predicted octanol–water partition coefficient (Wildman–Crippen LogP) is 1.95. The lowest BCUT2D eigenvalue weighted by molar-refractivity contribution is -0.141. The van der Waals surface area contributed by atoms with Gasteiger partial charge in [-0.1, -0.05) is 83.7 Å². The molecule has 1 saturated heterocycles. The lowest BCUT2D eigenvalue weighted by Gasteiger charge is -2.35. The Morgan fingerprint density at radius 3 is 2.09 bits per heavy atom. The maximum atomic E-state index is 14.4. The Morgan fingerprint density at radius 1 is 0.836 bits per heavy atom. The van der Waals surface area contributed by atoms with E-state index in [1.54, 1.807) is 78.8 Å². The Bertz CT molecular complexity index is 2080. The summed E-state index contributed by atoms with van der Waals surface area (Å²) in [6, 6.07) is 2.85. The minimum atomic E-state index is -1.35. The van der Waals surface area contributed by atoms with Crippen molar-refractivity contribution in [2.75, 3.05) is 33.7 Å². The highest BCUT2D eigenvalue weighted by Crippen LogP contribution is 2.29. The van der Waals surface area contributed by atoms with Gasteiger partial charge in [0.15, 0.2) is 0 Å². The molecule has 8 amide bonds. The molecule has 6 atom stereocenters. The summed E-state index contributed by atoms with van der Waals surface area (Å²) in [6.07, 6.45) is 7.80. The van der Waals surface area contributed by atoms with Crippen LogP contribution in [0.15, 0.2) is 48.9 Å². The van der Waals surface area contributed by atoms with Gasteiger partial charge in [0.05, 0.1) is 30.7 Å². The number of likely N-dealkylation sites (N-methyl/N-ethyl adjacent to an activating group) is 1. The topological polar surface area (TPSA) is 267 Å². The van der Waals surface area contributed by atoms with Crippen molar-refractivity contribution < 1.29 is 47.9 Å². The average molecular weight is 933 g/mol. The average Bonchev–Trinajstić information content (AvgIpc) is 3.71. The zero-order valence-corrected chi connectivity index (χ0v) is 40.1. The van der Waals surface area contributed by atoms with E-state index < -0.39 is 107 Å². The highest BCUT2D eigenvalue weighted by molar-refractivity contribution is 6.38. The fraction of sp³-hybridized carbons (Fsp3) is 0.596. The van der Waals surface area contributed by atoms with Crippen molar-refractivity contribution in [2.45, 2.75) is 129 Å². The van der Waals surface area contributed by atoms with Crippen molar-refractivity contribution in [3.05, 3.63) is 60.2 Å². The monoisotopic (exact) mass is 933 g/mol. The number of benzene rings is 1. The van der Waals surface area contributed by atoms with E-state index >= 15 is 0 Å². The number of hydrogen-bond donors (Lipinski definition) is 6. The van der Waals surface area contributed by atoms with Crippen LogP contribution in [0.5, 0.6) is 0 Å². The molecular formula is C47H68N10O10. The number of nitrogens with zero attached hydrogens (tertiary/aromatic N) is 4. The first-order chi connectivity index (χ1) is 31.5. The summed E-state index contributed by atoms with van der Waals surface area (Å²) >= 11 is 0. The molecular weight excluding hydrogens is 865 g/mol. The number of Topliss-reactive ketones (excluding diaryl/α,β-unsaturated/α-hetero) is 1. The van der Waals surface area contributed by atoms with Gasteiger partial charge in [0.1, 0.15) is 29.4 Å². The first-order valence-corrected chi connectivity index (χ1v) is 22.8. The van der Waals surface area contributed by atoms with E-state index in [2.05, 4.69) is 41.9 Å². The van der Waals surface area contributed by atoms with Crippen LogP contribution >= 0.6 is 0 Å². The zero-order chi connectivity index (χ0) is 49.6. The van der Waals surface area contributed by atoms with Crippen LogP contribution in [0.4, 0.5) is 4.79 Å². The predicted molar refractivity (Wildman–Crippen MR) is 245 cm³/mol. The van der Waals surface area contributed by atoms with Gasteiger partial charge in [0, 0.05) is 39.6 Å². The number of carbonyl (C=O) groups is 9. The van der Waals surface area contributed by atoms with Crippen LogP contribution in [0.3, 0.4) is 0 Å². The molecule has 1 saturated carbocycles. The summed E-state index contributed by atoms with van der Waals surface area (Å²) in [4.78, 5) is 133. The Hall–Kier alpha value is -6.47. The van der Waals surface area contributed by atoms with Crippen LogP contribution in [0.25, 0.3) is 0 Å². The van der Waals surface area contributed by atoms with Gasteiger partial charge in [0.2, 0.25) is 35.3 Å². The van der Waals surface area contributed by atoms with E-state index in [4.69, 9.17) is 4.74 Å². The SMILES string of the molecule is CCC[C@H](NC(=O)C1CN(C(=O)OC(C)(C)C)CC1NC(=O)[C@@H](NC(=O)[C@@H](NC(=O)c1cnccn1)C1CCCCC1)C(C)(C)C)C(=O)C(=O)NCC(=O)N[C@H](C(=O)N(C)C)c1ccccc1. The lowest BCUT2D eigenvalue weighted by Crippen LogP contribution is -2.61. The number of hydrogen-bond acceptors (Lipinski definition) is 12. The van der Waals surface area contributed by atoms with E-state index in [0.29, 0.717) is 24.8 Å². The van der Waals surface area contributed by atoms with Crippen molar-refractivity contribution >= 4 is 53.2 Å². The Labute approximate surface area is 392 Å². The third kappa shape index (κ3) is 15.6. The number of nitrogens with one attached hydrogen (secondary N) is 6. The van der Waals surface area contributed by atoms with Crippen LogP contribution in [-0.2, 0) is 38.3 Å². The fourth-order valence-electron chi connectivity index (χ4n) is 8.01. The van der Waals surface area contributed by atoms with Gasteiger partial charge in [-0.05, 0) is 56.9 Å². The Kier molecular flexibility index (Phi) is 18.9. The molecule has 0 radical (unpaired) electrons. The van der Waals surface area contributed by atoms with Crippen LogP contribution < -0.4 is 31.9 Å². The number of amides is 8. The van der Waals surface area contributed by atoms with E-state index in [-0.39, 0.29) is 31.1 Å². The smallest absolute Gasteiger partial charge is 0.410 e. The maximum Gasteiger partial charge on any atom is 0.410 e. The third-order valence-electron chi connectivity index (χ3n) is 11.5. The van der Waals surface area contributed by atoms with Crippen LogP contribution in [0.1, 0.15) is 116 Å². The summed E-state index contributed by atoms with van der Waals surface area (Å²) in [6.45, 7) is 11.0. The minimum absolute atomic E-state index is 0.0272. The van der Waals surface area contributed by atoms with Gasteiger partial charge in [0.25, 0.3) is 11.8 Å². The summed E-state index contributed by atoms with van der Waals surface area (Å²) in [5.41, 5.74) is -1.26. The molecule has 1 aliphatic heterocycles. The summed E-state index contributed by atoms with van der Waals surface area (Å²) in [5, 5.41) is 16.1. The number of ketones is 1. The third-order valence-corrected chi connectivity index (χ3v) is 11.5. The number of rotatable bonds is 18. The number of likely N-dealkylation sites (tertiary alicyclic amines) is 1. The van der Waals surface area contributed by atoms with Crippen molar-refractivity contribution in [3.8, 4) is 0 Å². The Morgan fingerprint density at radius 2 is 1.51 bits per heavy atom. The first kappa shape index (κ1) is 53.1. The van der Waals surface area contributed by atoms with Crippen LogP contribution in [0.2, 0.25) is 0 Å². The molecule has 6 N–H and O–H groups in total. The largest absolute Gasteiger partial charge is 0.444 e. The number of aromatic nitrogens is 2. The zero-order valence-electron chi connectivity index (χ0n) is 40.1. The van der Waals surface area contributed by atoms with Gasteiger partial charge in [-0.25, -0.2) is 9.78 Å². The van der Waals surface area contributed by atoms with Gasteiger partial charge < -0.3 is 46.4 Å². The standard InChI is InChI=1S/C47H68N10O10/c1-10-17-31(37(59)42(63)50-25-34(58)53-36(44(65)56(8)9)29-20-15-12-16-21-29)51-39(60)30-26-57(45(66)67-47(5,6)7)27-33(30)52-43(64)38(46(2,3)4)55-41(62)35(28-18-13-11-14-19-28)54-40(61)32-24-48-22-23-49-32/h12,15-16,20-24,28,30-31,33,35-36,38H,10-11,13-14,17-19,25-27H2,1-9H3,(H,50,63)(H,51,60)(H,52,64)(H,53,58)(H,54,61)(H,55,62)/t30?,31-,33?,35-,36-,38+/m0/s1. The summed E-state index contributed by atoms with van der Waals surface area (Å²) in [7, 11) is 3.07. The first-order valence-electron chi connectivity index (χ1n) is 22.8. The molecule has 1 aliphatic carbocycles. The van der Waals surface area contributed by atoms with Crippen molar-refractivity contribution in [1.29, 1.82) is 0 Å². The van der Waals surface area contributed by atoms with Gasteiger partial charge in [-0.2, -0.15) is 0 Å². The molecule has 1 aromatic carbocycles. The summed E-state index contributed by atoms with van der Waals surface area (Å²) in [5.74, 6) is -7.30. The van der Waals surface area contributed by atoms with Crippen molar-refractivity contribution in [1.82, 2.24) is 51.7 Å². The molecule has 20 heteroatoms. The van der Waals surface area contributed by atoms with E-state index in [0.717, 1.165) is 19.3 Å². The van der Waals surface area contributed by atoms with Crippen LogP contribution in [-0.4, -0.2) is 136 Å². The molecule has 0 bridgehead atoms. The second-order valence-corrected chi connectivity index (χ2v) is 19.4. The fourth-order valence-corrected chi connectivity index (χ4v) is 8.01. The summed E-state index contributed by atoms with van der Waals surface area (Å²) < 4.78 is 5.60. The van der Waals surface area contributed by atoms with E-state index in [9.17, 15) is 43.2 Å². The van der Waals surface area contributed by atoms with E-state index in [1.165, 1.54) is 42.5 Å². The molecule has 2 aromatic rings. The maximum absolute atomic E-state index is 14.4. The van der Waals surface area contributed by atoms with Gasteiger partial charge >= 0.3 is 6.09 Å². The number of ether oxygens (including phenoxy) is 1. The molecule has 1 aromatic heterocycles. The molecule has 2 unspecified atom stereocenters. The van der Waals surface area contributed by atoms with Crippen LogP contribution in [0, 0.1) is 17.3 Å². The van der Waals surface area contributed by atoms with Crippen molar-refractivity contribution in [3.63, 3.8) is 0 Å². The molecule has 2 heterocycles. The molecule has 0 spiro atoms. The molecule has 4 rings (SSSR count). The molecule has 67 heavy (non-hydrogen) atoms. The van der Waals surface area contributed by atoms with Crippen molar-refractivity contribution in [2.24, 2.45) is 17.3 Å². The quantitative estimate of drug-likeness (QED) is 0.117. The highest BCUT2D eigenvalue weighted by atomic mass is 16.6. The molecule has 20 nitrogen and oxygen atoms in total. The Balaban J connectivity index is 1.51. The molecule has 2 aliphatic rings. The second-order valence-electron chi connectivity index (χ2n) is 19.4.